The molecule has 1 heterocycles. The Morgan fingerprint density at radius 3 is 2.73 bits per heavy atom. The molecule has 22 heavy (non-hydrogen) atoms. The summed E-state index contributed by atoms with van der Waals surface area (Å²) in [5.74, 6) is 8.76. The van der Waals surface area contributed by atoms with Gasteiger partial charge in [0.25, 0.3) is 0 Å². The van der Waals surface area contributed by atoms with Gasteiger partial charge in [-0.15, -0.1) is 0 Å². The molecule has 0 aromatic heterocycles. The van der Waals surface area contributed by atoms with E-state index < -0.39 is 10.8 Å². The third-order valence-electron chi connectivity index (χ3n) is 3.56. The van der Waals surface area contributed by atoms with Crippen molar-refractivity contribution in [3.05, 3.63) is 23.8 Å². The van der Waals surface area contributed by atoms with E-state index in [2.05, 4.69) is 18.8 Å². The lowest BCUT2D eigenvalue weighted by Gasteiger charge is -1.99. The summed E-state index contributed by atoms with van der Waals surface area (Å²) in [6, 6.07) is 5.63. The summed E-state index contributed by atoms with van der Waals surface area (Å²) in [7, 11) is -0.830. The number of rotatable bonds is 8. The van der Waals surface area contributed by atoms with Gasteiger partial charge in [0.05, 0.1) is 5.75 Å². The van der Waals surface area contributed by atoms with Crippen molar-refractivity contribution >= 4 is 10.8 Å². The highest BCUT2D eigenvalue weighted by molar-refractivity contribution is 7.85. The molecule has 0 spiro atoms. The van der Waals surface area contributed by atoms with Crippen molar-refractivity contribution in [1.29, 1.82) is 0 Å². The first-order valence-electron chi connectivity index (χ1n) is 8.03. The first-order valence-corrected chi connectivity index (χ1v) is 9.52. The first kappa shape index (κ1) is 16.9. The van der Waals surface area contributed by atoms with E-state index in [1.54, 1.807) is 0 Å². The number of benzene rings is 1. The molecular formula is C18H24O3S. The van der Waals surface area contributed by atoms with Gasteiger partial charge < -0.3 is 9.47 Å². The van der Waals surface area contributed by atoms with Crippen LogP contribution in [-0.2, 0) is 10.8 Å². The average molecular weight is 320 g/mol. The van der Waals surface area contributed by atoms with E-state index in [1.165, 1.54) is 32.1 Å². The molecule has 1 aliphatic rings. The lowest BCUT2D eigenvalue weighted by molar-refractivity contribution is 0.174. The Labute approximate surface area is 135 Å². The number of fused-ring (bicyclic) bond motifs is 1. The summed E-state index contributed by atoms with van der Waals surface area (Å²) < 4.78 is 22.4. The van der Waals surface area contributed by atoms with Crippen molar-refractivity contribution in [1.82, 2.24) is 0 Å². The molecular weight excluding hydrogens is 296 g/mol. The molecule has 0 saturated heterocycles. The third kappa shape index (κ3) is 5.73. The van der Waals surface area contributed by atoms with Crippen LogP contribution in [0.25, 0.3) is 0 Å². The molecule has 1 aromatic carbocycles. The normalized spacial score (nSPS) is 13.5. The van der Waals surface area contributed by atoms with Crippen LogP contribution in [0.15, 0.2) is 18.2 Å². The van der Waals surface area contributed by atoms with Gasteiger partial charge in [-0.3, -0.25) is 4.21 Å². The molecule has 2 rings (SSSR count). The van der Waals surface area contributed by atoms with Crippen LogP contribution in [0.2, 0.25) is 0 Å². The summed E-state index contributed by atoms with van der Waals surface area (Å²) in [6.07, 6.45) is 7.36. The molecule has 3 nitrogen and oxygen atoms in total. The monoisotopic (exact) mass is 320 g/mol. The van der Waals surface area contributed by atoms with Crippen molar-refractivity contribution in [2.45, 2.75) is 45.4 Å². The van der Waals surface area contributed by atoms with Gasteiger partial charge in [-0.2, -0.15) is 0 Å². The summed E-state index contributed by atoms with van der Waals surface area (Å²) in [5, 5.41) is 0. The van der Waals surface area contributed by atoms with Gasteiger partial charge in [-0.25, -0.2) is 0 Å². The molecule has 0 bridgehead atoms. The van der Waals surface area contributed by atoms with Gasteiger partial charge in [0.1, 0.15) is 0 Å². The Bertz CT molecular complexity index is 557. The zero-order valence-electron chi connectivity index (χ0n) is 13.2. The fourth-order valence-electron chi connectivity index (χ4n) is 2.31. The highest BCUT2D eigenvalue weighted by atomic mass is 32.2. The number of unbranched alkanes of at least 4 members (excludes halogenated alkanes) is 5. The van der Waals surface area contributed by atoms with E-state index in [-0.39, 0.29) is 6.79 Å². The van der Waals surface area contributed by atoms with Crippen molar-refractivity contribution in [2.75, 3.05) is 18.3 Å². The number of hydrogen-bond acceptors (Lipinski definition) is 3. The van der Waals surface area contributed by atoms with Gasteiger partial charge in [-0.1, -0.05) is 50.9 Å². The minimum Gasteiger partial charge on any atom is -0.454 e. The minimum atomic E-state index is -0.830. The Kier molecular flexibility index (Phi) is 7.32. The largest absolute Gasteiger partial charge is 0.454 e. The van der Waals surface area contributed by atoms with Crippen LogP contribution in [0, 0.1) is 11.8 Å². The number of ether oxygens (including phenoxy) is 2. The Hall–Kier alpha value is -1.47. The highest BCUT2D eigenvalue weighted by Gasteiger charge is 2.12. The summed E-state index contributed by atoms with van der Waals surface area (Å²) in [6.45, 7) is 2.49. The highest BCUT2D eigenvalue weighted by Crippen LogP contribution is 2.32. The third-order valence-corrected chi connectivity index (χ3v) is 4.77. The van der Waals surface area contributed by atoms with E-state index >= 15 is 0 Å². The summed E-state index contributed by atoms with van der Waals surface area (Å²) >= 11 is 0. The zero-order valence-corrected chi connectivity index (χ0v) is 14.0. The van der Waals surface area contributed by atoms with Crippen molar-refractivity contribution in [3.63, 3.8) is 0 Å². The summed E-state index contributed by atoms with van der Waals surface area (Å²) in [4.78, 5) is 0. The molecule has 1 atom stereocenters. The molecule has 1 aliphatic heterocycles. The van der Waals surface area contributed by atoms with E-state index in [0.717, 1.165) is 29.2 Å². The molecule has 0 saturated carbocycles. The molecule has 4 heteroatoms. The van der Waals surface area contributed by atoms with Crippen LogP contribution in [-0.4, -0.2) is 22.5 Å². The Morgan fingerprint density at radius 2 is 1.86 bits per heavy atom. The predicted octanol–water partition coefficient (Wildman–Crippen LogP) is 3.88. The van der Waals surface area contributed by atoms with E-state index in [4.69, 9.17) is 9.47 Å². The maximum Gasteiger partial charge on any atom is 0.231 e. The van der Waals surface area contributed by atoms with Crippen LogP contribution in [0.4, 0.5) is 0 Å². The Balaban J connectivity index is 1.66. The molecule has 0 aliphatic carbocycles. The van der Waals surface area contributed by atoms with Crippen LogP contribution in [0.3, 0.4) is 0 Å². The van der Waals surface area contributed by atoms with E-state index in [1.807, 2.05) is 18.2 Å². The topological polar surface area (TPSA) is 35.5 Å². The second kappa shape index (κ2) is 9.53. The second-order valence-corrected chi connectivity index (χ2v) is 7.00. The molecule has 0 fully saturated rings. The van der Waals surface area contributed by atoms with Gasteiger partial charge in [0.2, 0.25) is 6.79 Å². The fraction of sp³-hybridized carbons (Fsp3) is 0.556. The van der Waals surface area contributed by atoms with Crippen molar-refractivity contribution < 1.29 is 13.7 Å². The quantitative estimate of drug-likeness (QED) is 0.539. The maximum atomic E-state index is 11.9. The van der Waals surface area contributed by atoms with Crippen molar-refractivity contribution in [2.24, 2.45) is 0 Å². The fourth-order valence-corrected chi connectivity index (χ4v) is 3.21. The standard InChI is InChI=1S/C18H24O3S/c1-2-3-4-5-6-7-12-22(19)13-8-9-16-10-11-17-18(14-16)21-15-20-17/h10-11,14H,2-7,12-13,15H2,1H3. The van der Waals surface area contributed by atoms with Crippen LogP contribution < -0.4 is 9.47 Å². The smallest absolute Gasteiger partial charge is 0.231 e. The SMILES string of the molecule is CCCCCCCCS(=O)CC#Cc1ccc2c(c1)OCO2. The van der Waals surface area contributed by atoms with Crippen molar-refractivity contribution in [3.8, 4) is 23.3 Å². The van der Waals surface area contributed by atoms with Gasteiger partial charge in [0.15, 0.2) is 11.5 Å². The van der Waals surface area contributed by atoms with Gasteiger partial charge in [0, 0.05) is 22.1 Å². The van der Waals surface area contributed by atoms with Gasteiger partial charge in [-0.05, 0) is 24.6 Å². The molecule has 0 radical (unpaired) electrons. The molecule has 0 amide bonds. The van der Waals surface area contributed by atoms with E-state index in [0.29, 0.717) is 5.75 Å². The van der Waals surface area contributed by atoms with Crippen LogP contribution in [0.1, 0.15) is 51.0 Å². The van der Waals surface area contributed by atoms with Gasteiger partial charge >= 0.3 is 0 Å². The van der Waals surface area contributed by atoms with Crippen LogP contribution in [0.5, 0.6) is 11.5 Å². The predicted molar refractivity (Wildman–Crippen MR) is 90.7 cm³/mol. The molecule has 120 valence electrons. The van der Waals surface area contributed by atoms with E-state index in [9.17, 15) is 4.21 Å². The summed E-state index contributed by atoms with van der Waals surface area (Å²) in [5.41, 5.74) is 0.876. The molecule has 0 N–H and O–H groups in total. The molecule has 1 aromatic rings. The Morgan fingerprint density at radius 1 is 1.09 bits per heavy atom. The molecule has 1 unspecified atom stereocenters. The minimum absolute atomic E-state index is 0.272. The zero-order chi connectivity index (χ0) is 15.6. The lowest BCUT2D eigenvalue weighted by atomic mass is 10.1. The average Bonchev–Trinajstić information content (AvgIpc) is 2.98. The van der Waals surface area contributed by atoms with Crippen LogP contribution >= 0.6 is 0 Å². The lowest BCUT2D eigenvalue weighted by Crippen LogP contribution is -2.00. The maximum absolute atomic E-state index is 11.9. The number of hydrogen-bond donors (Lipinski definition) is 0. The first-order chi connectivity index (χ1) is 10.8. The second-order valence-electron chi connectivity index (χ2n) is 5.43.